The van der Waals surface area contributed by atoms with Crippen molar-refractivity contribution >= 4 is 17.3 Å². The van der Waals surface area contributed by atoms with Gasteiger partial charge in [0.15, 0.2) is 5.82 Å². The van der Waals surface area contributed by atoms with Gasteiger partial charge < -0.3 is 20.6 Å². The number of carboxylic acid groups (broad SMARTS) is 1. The summed E-state index contributed by atoms with van der Waals surface area (Å²) in [6.45, 7) is -1.04. The van der Waals surface area contributed by atoms with Gasteiger partial charge in [0.1, 0.15) is 5.56 Å². The maximum Gasteiger partial charge on any atom is 0.342 e. The Labute approximate surface area is 106 Å². The van der Waals surface area contributed by atoms with E-state index in [-0.39, 0.29) is 5.69 Å². The van der Waals surface area contributed by atoms with Crippen molar-refractivity contribution in [2.24, 2.45) is 0 Å². The summed E-state index contributed by atoms with van der Waals surface area (Å²) in [7, 11) is 0. The van der Waals surface area contributed by atoms with Crippen LogP contribution in [0.1, 0.15) is 10.4 Å². The van der Waals surface area contributed by atoms with Crippen LogP contribution in [0.4, 0.5) is 15.8 Å². The molecule has 0 aliphatic rings. The molecule has 8 nitrogen and oxygen atoms in total. The van der Waals surface area contributed by atoms with E-state index < -0.39 is 47.2 Å². The van der Waals surface area contributed by atoms with Crippen LogP contribution in [-0.4, -0.2) is 45.5 Å². The normalized spacial score (nSPS) is 10.5. The molecule has 0 unspecified atom stereocenters. The highest BCUT2D eigenvalue weighted by Crippen LogP contribution is 2.26. The molecule has 0 atom stereocenters. The van der Waals surface area contributed by atoms with E-state index in [4.69, 9.17) is 15.3 Å². The van der Waals surface area contributed by atoms with E-state index in [0.29, 0.717) is 6.07 Å². The number of nitrogens with zero attached hydrogens (tertiary/aromatic N) is 1. The summed E-state index contributed by atoms with van der Waals surface area (Å²) in [6.07, 6.45) is 0. The Morgan fingerprint density at radius 3 is 2.42 bits per heavy atom. The number of anilines is 1. The first-order valence-electron chi connectivity index (χ1n) is 5.10. The van der Waals surface area contributed by atoms with Crippen LogP contribution in [0.2, 0.25) is 0 Å². The quantitative estimate of drug-likeness (QED) is 0.430. The van der Waals surface area contributed by atoms with Crippen molar-refractivity contribution in [1.82, 2.24) is 0 Å². The van der Waals surface area contributed by atoms with E-state index in [0.717, 1.165) is 6.07 Å². The highest BCUT2D eigenvalue weighted by molar-refractivity contribution is 5.93. The standard InChI is InChI=1S/C10H11FN2O6/c11-7-2-9(13(18)19)6(10(16)17)1-8(7)12-5(3-14)4-15/h1-2,5,12,14-15H,3-4H2,(H,16,17). The number of halogens is 1. The van der Waals surface area contributed by atoms with Gasteiger partial charge in [-0.2, -0.15) is 0 Å². The second-order valence-corrected chi connectivity index (χ2v) is 3.62. The van der Waals surface area contributed by atoms with Crippen LogP contribution >= 0.6 is 0 Å². The molecule has 0 spiro atoms. The largest absolute Gasteiger partial charge is 0.477 e. The van der Waals surface area contributed by atoms with Crippen molar-refractivity contribution in [2.75, 3.05) is 18.5 Å². The Kier molecular flexibility index (Phi) is 4.73. The van der Waals surface area contributed by atoms with Crippen LogP contribution in [0, 0.1) is 15.9 Å². The van der Waals surface area contributed by atoms with E-state index in [1.54, 1.807) is 0 Å². The van der Waals surface area contributed by atoms with Crippen molar-refractivity contribution in [1.29, 1.82) is 0 Å². The fraction of sp³-hybridized carbons (Fsp3) is 0.300. The Morgan fingerprint density at radius 2 is 2.00 bits per heavy atom. The van der Waals surface area contributed by atoms with E-state index >= 15 is 0 Å². The molecule has 0 saturated carbocycles. The van der Waals surface area contributed by atoms with Gasteiger partial charge in [-0.3, -0.25) is 10.1 Å². The van der Waals surface area contributed by atoms with Gasteiger partial charge in [0.25, 0.3) is 5.69 Å². The first-order valence-corrected chi connectivity index (χ1v) is 5.10. The van der Waals surface area contributed by atoms with E-state index in [2.05, 4.69) is 5.32 Å². The van der Waals surface area contributed by atoms with Gasteiger partial charge >= 0.3 is 5.97 Å². The number of nitro groups is 1. The zero-order valence-electron chi connectivity index (χ0n) is 9.54. The number of aliphatic hydroxyl groups is 2. The topological polar surface area (TPSA) is 133 Å². The number of nitro benzene ring substituents is 1. The smallest absolute Gasteiger partial charge is 0.342 e. The monoisotopic (exact) mass is 274 g/mol. The maximum absolute atomic E-state index is 13.6. The molecular formula is C10H11FN2O6. The van der Waals surface area contributed by atoms with Crippen LogP contribution in [-0.2, 0) is 0 Å². The van der Waals surface area contributed by atoms with E-state index in [1.807, 2.05) is 0 Å². The zero-order valence-corrected chi connectivity index (χ0v) is 9.54. The van der Waals surface area contributed by atoms with Crippen molar-refractivity contribution < 1.29 is 29.4 Å². The van der Waals surface area contributed by atoms with Gasteiger partial charge in [0.05, 0.1) is 35.9 Å². The summed E-state index contributed by atoms with van der Waals surface area (Å²) in [5.74, 6) is -2.64. The minimum Gasteiger partial charge on any atom is -0.477 e. The molecule has 0 amide bonds. The Bertz CT molecular complexity index is 503. The van der Waals surface area contributed by atoms with Crippen molar-refractivity contribution in [3.8, 4) is 0 Å². The molecule has 19 heavy (non-hydrogen) atoms. The molecule has 0 bridgehead atoms. The fourth-order valence-corrected chi connectivity index (χ4v) is 1.36. The van der Waals surface area contributed by atoms with E-state index in [1.165, 1.54) is 0 Å². The number of benzene rings is 1. The lowest BCUT2D eigenvalue weighted by atomic mass is 10.1. The third-order valence-electron chi connectivity index (χ3n) is 2.31. The van der Waals surface area contributed by atoms with Gasteiger partial charge in [-0.05, 0) is 6.07 Å². The predicted molar refractivity (Wildman–Crippen MR) is 61.6 cm³/mol. The molecule has 9 heteroatoms. The Morgan fingerprint density at radius 1 is 1.42 bits per heavy atom. The first kappa shape index (κ1) is 14.8. The minimum absolute atomic E-state index is 0.351. The summed E-state index contributed by atoms with van der Waals surface area (Å²) in [5.41, 5.74) is -1.92. The van der Waals surface area contributed by atoms with Crippen LogP contribution in [0.3, 0.4) is 0 Å². The Hall–Kier alpha value is -2.26. The average Bonchev–Trinajstić information content (AvgIpc) is 2.36. The number of hydrogen-bond donors (Lipinski definition) is 4. The summed E-state index contributed by atoms with van der Waals surface area (Å²) >= 11 is 0. The number of hydrogen-bond acceptors (Lipinski definition) is 6. The van der Waals surface area contributed by atoms with Crippen molar-refractivity contribution in [2.45, 2.75) is 6.04 Å². The Balaban J connectivity index is 3.24. The lowest BCUT2D eigenvalue weighted by molar-refractivity contribution is -0.385. The third-order valence-corrected chi connectivity index (χ3v) is 2.31. The van der Waals surface area contributed by atoms with Crippen molar-refractivity contribution in [3.05, 3.63) is 33.6 Å². The number of carboxylic acids is 1. The highest BCUT2D eigenvalue weighted by atomic mass is 19.1. The van der Waals surface area contributed by atoms with E-state index in [9.17, 15) is 19.3 Å². The first-order chi connectivity index (χ1) is 8.90. The molecular weight excluding hydrogens is 263 g/mol. The van der Waals surface area contributed by atoms with Gasteiger partial charge in [0.2, 0.25) is 0 Å². The van der Waals surface area contributed by atoms with Gasteiger partial charge in [0, 0.05) is 0 Å². The molecule has 0 radical (unpaired) electrons. The second kappa shape index (κ2) is 6.07. The summed E-state index contributed by atoms with van der Waals surface area (Å²) < 4.78 is 13.6. The molecule has 1 aromatic carbocycles. The molecule has 1 aromatic rings. The molecule has 0 aliphatic carbocycles. The number of aliphatic hydroxyl groups excluding tert-OH is 2. The van der Waals surface area contributed by atoms with Crippen molar-refractivity contribution in [3.63, 3.8) is 0 Å². The fourth-order valence-electron chi connectivity index (χ4n) is 1.36. The van der Waals surface area contributed by atoms with Crippen LogP contribution < -0.4 is 5.32 Å². The maximum atomic E-state index is 13.6. The number of aromatic carboxylic acids is 1. The molecule has 0 saturated heterocycles. The summed E-state index contributed by atoms with van der Waals surface area (Å²) in [6, 6.07) is 0.309. The second-order valence-electron chi connectivity index (χ2n) is 3.62. The number of rotatable bonds is 6. The van der Waals surface area contributed by atoms with Gasteiger partial charge in [-0.1, -0.05) is 0 Å². The SMILES string of the molecule is O=C(O)c1cc(NC(CO)CO)c(F)cc1[N+](=O)[O-]. The predicted octanol–water partition coefficient (Wildman–Crippen LogP) is 0.197. The zero-order chi connectivity index (χ0) is 14.6. The lowest BCUT2D eigenvalue weighted by Gasteiger charge is -2.15. The van der Waals surface area contributed by atoms with Gasteiger partial charge in [-0.25, -0.2) is 9.18 Å². The number of carbonyl (C=O) groups is 1. The molecule has 0 heterocycles. The minimum atomic E-state index is -1.58. The molecule has 0 aromatic heterocycles. The molecule has 104 valence electrons. The highest BCUT2D eigenvalue weighted by Gasteiger charge is 2.24. The average molecular weight is 274 g/mol. The third kappa shape index (κ3) is 3.36. The van der Waals surface area contributed by atoms with Crippen LogP contribution in [0.25, 0.3) is 0 Å². The lowest BCUT2D eigenvalue weighted by Crippen LogP contribution is -2.28. The summed E-state index contributed by atoms with van der Waals surface area (Å²) in [4.78, 5) is 20.5. The molecule has 0 aliphatic heterocycles. The number of nitrogens with one attached hydrogen (secondary N) is 1. The van der Waals surface area contributed by atoms with Crippen LogP contribution in [0.5, 0.6) is 0 Å². The molecule has 0 fully saturated rings. The summed E-state index contributed by atoms with van der Waals surface area (Å²) in [5, 5.41) is 39.4. The van der Waals surface area contributed by atoms with Crippen LogP contribution in [0.15, 0.2) is 12.1 Å². The molecule has 1 rings (SSSR count). The molecule has 4 N–H and O–H groups in total. The van der Waals surface area contributed by atoms with Gasteiger partial charge in [-0.15, -0.1) is 0 Å².